The second-order valence-corrected chi connectivity index (χ2v) is 4.84. The van der Waals surface area contributed by atoms with Crippen LogP contribution >= 0.6 is 0 Å². The standard InChI is InChI=1S/C18H11FN2O/c19-15-7-3-2-6-13(15)18(22)14(11-20)17-10-9-12-5-1-4-8-16(12)21-17/h1-10,14H/t14-/m1/s1. The van der Waals surface area contributed by atoms with Crippen LogP contribution in [0, 0.1) is 17.1 Å². The summed E-state index contributed by atoms with van der Waals surface area (Å²) in [6.45, 7) is 0. The molecule has 1 atom stereocenters. The molecule has 0 N–H and O–H groups in total. The van der Waals surface area contributed by atoms with Gasteiger partial charge in [-0.25, -0.2) is 4.39 Å². The molecule has 3 rings (SSSR count). The molecule has 22 heavy (non-hydrogen) atoms. The van der Waals surface area contributed by atoms with E-state index in [1.165, 1.54) is 18.2 Å². The van der Waals surface area contributed by atoms with E-state index in [0.29, 0.717) is 11.2 Å². The summed E-state index contributed by atoms with van der Waals surface area (Å²) in [5.41, 5.74) is 0.931. The maximum absolute atomic E-state index is 13.8. The lowest BCUT2D eigenvalue weighted by Crippen LogP contribution is -2.14. The van der Waals surface area contributed by atoms with Gasteiger partial charge in [0, 0.05) is 5.39 Å². The Balaban J connectivity index is 2.05. The smallest absolute Gasteiger partial charge is 0.189 e. The number of nitrogens with zero attached hydrogens (tertiary/aromatic N) is 2. The van der Waals surface area contributed by atoms with Crippen molar-refractivity contribution in [3.63, 3.8) is 0 Å². The van der Waals surface area contributed by atoms with Gasteiger partial charge in [0.2, 0.25) is 0 Å². The number of para-hydroxylation sites is 1. The molecule has 0 bridgehead atoms. The summed E-state index contributed by atoms with van der Waals surface area (Å²) < 4.78 is 13.8. The molecule has 0 spiro atoms. The van der Waals surface area contributed by atoms with E-state index in [4.69, 9.17) is 0 Å². The lowest BCUT2D eigenvalue weighted by Gasteiger charge is -2.09. The average Bonchev–Trinajstić information content (AvgIpc) is 2.55. The first-order valence-electron chi connectivity index (χ1n) is 6.75. The number of carbonyl (C=O) groups is 1. The third-order valence-electron chi connectivity index (χ3n) is 3.45. The molecule has 3 aromatic rings. The van der Waals surface area contributed by atoms with Gasteiger partial charge >= 0.3 is 0 Å². The van der Waals surface area contributed by atoms with Crippen LogP contribution in [0.25, 0.3) is 10.9 Å². The second kappa shape index (κ2) is 5.74. The quantitative estimate of drug-likeness (QED) is 0.688. The summed E-state index contributed by atoms with van der Waals surface area (Å²) in [4.78, 5) is 16.8. The van der Waals surface area contributed by atoms with Gasteiger partial charge in [-0.15, -0.1) is 0 Å². The Kier molecular flexibility index (Phi) is 3.63. The zero-order valence-electron chi connectivity index (χ0n) is 11.5. The molecular formula is C18H11FN2O. The molecule has 3 nitrogen and oxygen atoms in total. The van der Waals surface area contributed by atoms with Crippen LogP contribution in [0.4, 0.5) is 4.39 Å². The Morgan fingerprint density at radius 1 is 1.05 bits per heavy atom. The molecule has 0 aliphatic rings. The molecule has 2 aromatic carbocycles. The third-order valence-corrected chi connectivity index (χ3v) is 3.45. The Morgan fingerprint density at radius 2 is 1.77 bits per heavy atom. The number of halogens is 1. The molecule has 0 saturated carbocycles. The molecule has 0 unspecified atom stereocenters. The third kappa shape index (κ3) is 2.45. The number of ketones is 1. The van der Waals surface area contributed by atoms with Crippen molar-refractivity contribution in [1.82, 2.24) is 4.98 Å². The van der Waals surface area contributed by atoms with Crippen molar-refractivity contribution in [2.75, 3.05) is 0 Å². The van der Waals surface area contributed by atoms with Gasteiger partial charge in [0.15, 0.2) is 11.7 Å². The number of hydrogen-bond donors (Lipinski definition) is 0. The lowest BCUT2D eigenvalue weighted by molar-refractivity contribution is 0.0974. The largest absolute Gasteiger partial charge is 0.292 e. The fourth-order valence-electron chi connectivity index (χ4n) is 2.32. The number of rotatable bonds is 3. The number of nitriles is 1. The second-order valence-electron chi connectivity index (χ2n) is 4.84. The first-order valence-corrected chi connectivity index (χ1v) is 6.75. The molecule has 0 amide bonds. The topological polar surface area (TPSA) is 53.8 Å². The number of carbonyl (C=O) groups excluding carboxylic acids is 1. The highest BCUT2D eigenvalue weighted by Gasteiger charge is 2.25. The first-order chi connectivity index (χ1) is 10.7. The predicted octanol–water partition coefficient (Wildman–Crippen LogP) is 3.86. The average molecular weight is 290 g/mol. The minimum absolute atomic E-state index is 0.0935. The first kappa shape index (κ1) is 13.9. The van der Waals surface area contributed by atoms with Gasteiger partial charge in [0.25, 0.3) is 0 Å². The SMILES string of the molecule is N#C[C@@H](C(=O)c1ccccc1F)c1ccc2ccccc2n1. The highest BCUT2D eigenvalue weighted by molar-refractivity contribution is 6.02. The number of pyridine rings is 1. The number of aromatic nitrogens is 1. The number of fused-ring (bicyclic) bond motifs is 1. The Morgan fingerprint density at radius 3 is 2.55 bits per heavy atom. The van der Waals surface area contributed by atoms with Crippen molar-refractivity contribution in [3.8, 4) is 6.07 Å². The van der Waals surface area contributed by atoms with E-state index in [9.17, 15) is 14.4 Å². The summed E-state index contributed by atoms with van der Waals surface area (Å²) in [7, 11) is 0. The fraction of sp³-hybridized carbons (Fsp3) is 0.0556. The molecule has 1 aromatic heterocycles. The maximum Gasteiger partial charge on any atom is 0.189 e. The Bertz CT molecular complexity index is 899. The molecule has 4 heteroatoms. The summed E-state index contributed by atoms with van der Waals surface area (Å²) >= 11 is 0. The van der Waals surface area contributed by atoms with Crippen LogP contribution in [0.3, 0.4) is 0 Å². The van der Waals surface area contributed by atoms with Crippen LogP contribution in [-0.2, 0) is 0 Å². The van der Waals surface area contributed by atoms with Crippen molar-refractivity contribution in [2.24, 2.45) is 0 Å². The fourth-order valence-corrected chi connectivity index (χ4v) is 2.32. The van der Waals surface area contributed by atoms with Crippen LogP contribution < -0.4 is 0 Å². The van der Waals surface area contributed by atoms with E-state index in [1.54, 1.807) is 24.3 Å². The summed E-state index contributed by atoms with van der Waals surface area (Å²) in [5, 5.41) is 10.3. The van der Waals surface area contributed by atoms with Crippen molar-refractivity contribution in [1.29, 1.82) is 5.26 Å². The molecule has 0 aliphatic heterocycles. The monoisotopic (exact) mass is 290 g/mol. The highest BCUT2D eigenvalue weighted by atomic mass is 19.1. The van der Waals surface area contributed by atoms with Gasteiger partial charge in [-0.05, 0) is 24.3 Å². The van der Waals surface area contributed by atoms with E-state index >= 15 is 0 Å². The zero-order valence-corrected chi connectivity index (χ0v) is 11.5. The van der Waals surface area contributed by atoms with Crippen molar-refractivity contribution < 1.29 is 9.18 Å². The molecule has 0 radical (unpaired) electrons. The van der Waals surface area contributed by atoms with Gasteiger partial charge in [-0.3, -0.25) is 9.78 Å². The van der Waals surface area contributed by atoms with E-state index in [-0.39, 0.29) is 5.56 Å². The van der Waals surface area contributed by atoms with Gasteiger partial charge in [0.05, 0.1) is 22.8 Å². The normalized spacial score (nSPS) is 11.8. The predicted molar refractivity (Wildman–Crippen MR) is 80.8 cm³/mol. The molecule has 0 fully saturated rings. The number of Topliss-reactive ketones (excluding diaryl/α,β-unsaturated/α-hetero) is 1. The van der Waals surface area contributed by atoms with Crippen LogP contribution in [0.15, 0.2) is 60.7 Å². The van der Waals surface area contributed by atoms with Crippen molar-refractivity contribution in [2.45, 2.75) is 5.92 Å². The van der Waals surface area contributed by atoms with E-state index < -0.39 is 17.5 Å². The van der Waals surface area contributed by atoms with E-state index in [0.717, 1.165) is 5.39 Å². The van der Waals surface area contributed by atoms with Crippen LogP contribution in [0.5, 0.6) is 0 Å². The Hall–Kier alpha value is -3.06. The van der Waals surface area contributed by atoms with E-state index in [1.807, 2.05) is 24.3 Å². The van der Waals surface area contributed by atoms with Gasteiger partial charge in [-0.1, -0.05) is 36.4 Å². The molecule has 0 saturated heterocycles. The number of hydrogen-bond acceptors (Lipinski definition) is 3. The summed E-state index contributed by atoms with van der Waals surface area (Å²) in [6, 6.07) is 18.4. The van der Waals surface area contributed by atoms with Crippen LogP contribution in [-0.4, -0.2) is 10.8 Å². The zero-order chi connectivity index (χ0) is 15.5. The molecular weight excluding hydrogens is 279 g/mol. The van der Waals surface area contributed by atoms with Crippen molar-refractivity contribution >= 4 is 16.7 Å². The van der Waals surface area contributed by atoms with Gasteiger partial charge in [0.1, 0.15) is 5.82 Å². The maximum atomic E-state index is 13.8. The summed E-state index contributed by atoms with van der Waals surface area (Å²) in [5.74, 6) is -2.33. The minimum Gasteiger partial charge on any atom is -0.292 e. The van der Waals surface area contributed by atoms with Crippen LogP contribution in [0.1, 0.15) is 22.0 Å². The van der Waals surface area contributed by atoms with Crippen LogP contribution in [0.2, 0.25) is 0 Å². The van der Waals surface area contributed by atoms with Crippen molar-refractivity contribution in [3.05, 3.63) is 77.7 Å². The Labute approximate surface area is 126 Å². The van der Waals surface area contributed by atoms with Gasteiger partial charge in [-0.2, -0.15) is 5.26 Å². The lowest BCUT2D eigenvalue weighted by atomic mass is 9.94. The summed E-state index contributed by atoms with van der Waals surface area (Å²) in [6.07, 6.45) is 0. The molecule has 106 valence electrons. The van der Waals surface area contributed by atoms with E-state index in [2.05, 4.69) is 4.98 Å². The highest BCUT2D eigenvalue weighted by Crippen LogP contribution is 2.23. The number of benzene rings is 2. The molecule has 0 aliphatic carbocycles. The van der Waals surface area contributed by atoms with Gasteiger partial charge < -0.3 is 0 Å². The minimum atomic E-state index is -1.12. The molecule has 1 heterocycles.